The molecule has 2 aromatic rings. The van der Waals surface area contributed by atoms with Crippen molar-refractivity contribution in [2.24, 2.45) is 0 Å². The van der Waals surface area contributed by atoms with E-state index >= 15 is 0 Å². The summed E-state index contributed by atoms with van der Waals surface area (Å²) in [6, 6.07) is 17.9. The van der Waals surface area contributed by atoms with Crippen LogP contribution < -0.4 is 10.1 Å². The number of rotatable bonds is 10. The summed E-state index contributed by atoms with van der Waals surface area (Å²) in [6.07, 6.45) is 11.9. The third kappa shape index (κ3) is 9.40. The van der Waals surface area contributed by atoms with Crippen LogP contribution in [0.15, 0.2) is 60.7 Å². The molecule has 1 aliphatic rings. The van der Waals surface area contributed by atoms with Gasteiger partial charge in [-0.25, -0.2) is 0 Å². The number of anilines is 1. The summed E-state index contributed by atoms with van der Waals surface area (Å²) in [7, 11) is 0. The molecule has 0 aromatic heterocycles. The minimum Gasteiger partial charge on any atom is -0.494 e. The molecular formula is C25H34NO2. The summed E-state index contributed by atoms with van der Waals surface area (Å²) in [5, 5.41) is 2.73. The van der Waals surface area contributed by atoms with E-state index in [2.05, 4.69) is 49.0 Å². The summed E-state index contributed by atoms with van der Waals surface area (Å²) < 4.78 is 5.66. The van der Waals surface area contributed by atoms with Crippen LogP contribution in [0.4, 0.5) is 5.69 Å². The van der Waals surface area contributed by atoms with E-state index < -0.39 is 0 Å². The normalized spacial score (nSPS) is 11.7. The van der Waals surface area contributed by atoms with Gasteiger partial charge < -0.3 is 10.1 Å². The minimum absolute atomic E-state index is 0. The molecule has 0 aliphatic heterocycles. The van der Waals surface area contributed by atoms with E-state index in [9.17, 15) is 4.79 Å². The number of allylic oxidation sites excluding steroid dienone is 2. The Hall–Kier alpha value is -2.55. The van der Waals surface area contributed by atoms with Crippen molar-refractivity contribution in [3.05, 3.63) is 72.7 Å². The Bertz CT molecular complexity index is 726. The highest BCUT2D eigenvalue weighted by Crippen LogP contribution is 2.28. The van der Waals surface area contributed by atoms with E-state index in [4.69, 9.17) is 4.74 Å². The molecule has 3 rings (SSSR count). The molecule has 0 bridgehead atoms. The summed E-state index contributed by atoms with van der Waals surface area (Å²) >= 11 is 0. The third-order valence-electron chi connectivity index (χ3n) is 4.38. The lowest BCUT2D eigenvalue weighted by atomic mass is 10.1. The van der Waals surface area contributed by atoms with Crippen LogP contribution in [0.2, 0.25) is 0 Å². The van der Waals surface area contributed by atoms with Crippen molar-refractivity contribution < 1.29 is 11.0 Å². The van der Waals surface area contributed by atoms with Gasteiger partial charge in [0.25, 0.3) is 0 Å². The van der Waals surface area contributed by atoms with Gasteiger partial charge in [0.2, 0.25) is 5.91 Å². The van der Waals surface area contributed by atoms with Crippen LogP contribution in [0, 0.1) is 6.42 Å². The van der Waals surface area contributed by atoms with Crippen molar-refractivity contribution in [3.63, 3.8) is 0 Å². The molecule has 1 amide bonds. The average molecular weight is 381 g/mol. The van der Waals surface area contributed by atoms with Gasteiger partial charge in [-0.05, 0) is 41.8 Å². The first-order valence-corrected chi connectivity index (χ1v) is 10.3. The first kappa shape index (κ1) is 21.7. The third-order valence-corrected chi connectivity index (χ3v) is 4.38. The first-order chi connectivity index (χ1) is 13.7. The topological polar surface area (TPSA) is 38.3 Å². The fourth-order valence-corrected chi connectivity index (χ4v) is 2.77. The van der Waals surface area contributed by atoms with Gasteiger partial charge in [0, 0.05) is 20.5 Å². The maximum Gasteiger partial charge on any atom is 0.221 e. The predicted molar refractivity (Wildman–Crippen MR) is 120 cm³/mol. The molecule has 28 heavy (non-hydrogen) atoms. The van der Waals surface area contributed by atoms with Gasteiger partial charge >= 0.3 is 0 Å². The van der Waals surface area contributed by atoms with Gasteiger partial charge in [-0.3, -0.25) is 4.79 Å². The largest absolute Gasteiger partial charge is 0.494 e. The molecule has 0 saturated carbocycles. The second-order valence-electron chi connectivity index (χ2n) is 6.98. The molecule has 0 heterocycles. The average Bonchev–Trinajstić information content (AvgIpc) is 3.55. The smallest absolute Gasteiger partial charge is 0.221 e. The van der Waals surface area contributed by atoms with Gasteiger partial charge in [0.1, 0.15) is 5.75 Å². The van der Waals surface area contributed by atoms with E-state index in [1.165, 1.54) is 50.2 Å². The van der Waals surface area contributed by atoms with Crippen LogP contribution in [-0.4, -0.2) is 12.5 Å². The lowest BCUT2D eigenvalue weighted by Crippen LogP contribution is -2.05. The highest BCUT2D eigenvalue weighted by atomic mass is 16.5. The van der Waals surface area contributed by atoms with Crippen molar-refractivity contribution in [1.29, 1.82) is 0 Å². The fourth-order valence-electron chi connectivity index (χ4n) is 2.77. The predicted octanol–water partition coefficient (Wildman–Crippen LogP) is 6.92. The molecule has 1 aliphatic carbocycles. The zero-order valence-electron chi connectivity index (χ0n) is 17.1. The number of carbonyl (C=O) groups excluding carboxylic acids is 1. The molecule has 0 atom stereocenters. The number of carbonyl (C=O) groups is 1. The highest BCUT2D eigenvalue weighted by Gasteiger charge is 2.08. The van der Waals surface area contributed by atoms with Gasteiger partial charge in [0.15, 0.2) is 0 Å². The standard InChI is InChI=1S/C16H25NO2.C9H7.H2/c1-3-4-5-6-7-8-13-19-16-11-9-15(10-12-16)17-14(2)18;1-2-4-8(5-3-1)9-6-7-9;/h9-12H,3-8,13H2,1-2H3,(H,17,18);1-7H;1H. The Kier molecular flexibility index (Phi) is 9.92. The lowest BCUT2D eigenvalue weighted by molar-refractivity contribution is -0.114. The van der Waals surface area contributed by atoms with E-state index in [1.54, 1.807) is 0 Å². The van der Waals surface area contributed by atoms with Gasteiger partial charge in [0.05, 0.1) is 6.61 Å². The first-order valence-electron chi connectivity index (χ1n) is 10.3. The van der Waals surface area contributed by atoms with Crippen molar-refractivity contribution in [3.8, 4) is 5.75 Å². The maximum absolute atomic E-state index is 10.9. The van der Waals surface area contributed by atoms with Crippen molar-refractivity contribution in [1.82, 2.24) is 0 Å². The number of benzene rings is 2. The Morgan fingerprint density at radius 3 is 2.18 bits per heavy atom. The molecule has 0 saturated heterocycles. The van der Waals surface area contributed by atoms with Gasteiger partial charge in [-0.1, -0.05) is 75.4 Å². The fraction of sp³-hybridized carbons (Fsp3) is 0.360. The number of hydrogen-bond donors (Lipinski definition) is 1. The van der Waals surface area contributed by atoms with Crippen LogP contribution in [0.3, 0.4) is 0 Å². The zero-order chi connectivity index (χ0) is 20.0. The molecule has 1 radical (unpaired) electrons. The Labute approximate surface area is 171 Å². The number of unbranched alkanes of at least 4 members (excludes halogenated alkanes) is 5. The zero-order valence-corrected chi connectivity index (χ0v) is 17.1. The Morgan fingerprint density at radius 2 is 1.57 bits per heavy atom. The molecular weight excluding hydrogens is 346 g/mol. The van der Waals surface area contributed by atoms with Crippen LogP contribution in [0.1, 0.15) is 59.4 Å². The van der Waals surface area contributed by atoms with Crippen molar-refractivity contribution in [2.75, 3.05) is 11.9 Å². The van der Waals surface area contributed by atoms with Crippen LogP contribution in [0.25, 0.3) is 5.57 Å². The van der Waals surface area contributed by atoms with Crippen LogP contribution >= 0.6 is 0 Å². The second-order valence-corrected chi connectivity index (χ2v) is 6.98. The maximum atomic E-state index is 10.9. The number of ether oxygens (including phenoxy) is 1. The SMILES string of the molecule is CCCCCCCCOc1ccc(NC(C)=O)cc1.[CH]1C=C1c1ccccc1.[HH]. The summed E-state index contributed by atoms with van der Waals surface area (Å²) in [6.45, 7) is 4.50. The molecule has 1 N–H and O–H groups in total. The quantitative estimate of drug-likeness (QED) is 0.454. The Balaban J connectivity index is 0.000000348. The van der Waals surface area contributed by atoms with E-state index in [1.807, 2.05) is 30.3 Å². The molecule has 3 heteroatoms. The molecule has 0 fully saturated rings. The van der Waals surface area contributed by atoms with Crippen molar-refractivity contribution in [2.45, 2.75) is 52.4 Å². The van der Waals surface area contributed by atoms with E-state index in [0.29, 0.717) is 0 Å². The summed E-state index contributed by atoms with van der Waals surface area (Å²) in [4.78, 5) is 10.9. The van der Waals surface area contributed by atoms with Crippen molar-refractivity contribution >= 4 is 17.2 Å². The molecule has 0 unspecified atom stereocenters. The molecule has 2 aromatic carbocycles. The van der Waals surface area contributed by atoms with E-state index in [-0.39, 0.29) is 7.33 Å². The number of hydrogen-bond acceptors (Lipinski definition) is 2. The monoisotopic (exact) mass is 380 g/mol. The molecule has 3 nitrogen and oxygen atoms in total. The minimum atomic E-state index is -0.0549. The summed E-state index contributed by atoms with van der Waals surface area (Å²) in [5.41, 5.74) is 3.51. The van der Waals surface area contributed by atoms with E-state index in [0.717, 1.165) is 24.5 Å². The highest BCUT2D eigenvalue weighted by molar-refractivity contribution is 5.88. The lowest BCUT2D eigenvalue weighted by Gasteiger charge is -2.07. The van der Waals surface area contributed by atoms with Crippen LogP contribution in [-0.2, 0) is 4.79 Å². The Morgan fingerprint density at radius 1 is 0.929 bits per heavy atom. The molecule has 151 valence electrons. The molecule has 0 spiro atoms. The van der Waals surface area contributed by atoms with Gasteiger partial charge in [-0.15, -0.1) is 0 Å². The number of amides is 1. The second kappa shape index (κ2) is 12.8. The van der Waals surface area contributed by atoms with Gasteiger partial charge in [-0.2, -0.15) is 0 Å². The number of nitrogens with one attached hydrogen (secondary N) is 1. The summed E-state index contributed by atoms with van der Waals surface area (Å²) in [5.74, 6) is 0.809. The van der Waals surface area contributed by atoms with Crippen LogP contribution in [0.5, 0.6) is 5.75 Å².